The zero-order chi connectivity index (χ0) is 13.6. The minimum absolute atomic E-state index is 0.137. The van der Waals surface area contributed by atoms with Crippen molar-refractivity contribution < 1.29 is 13.2 Å². The van der Waals surface area contributed by atoms with E-state index in [1.54, 1.807) is 12.1 Å². The second-order valence-corrected chi connectivity index (χ2v) is 7.31. The molecule has 3 rings (SSSR count). The van der Waals surface area contributed by atoms with Crippen molar-refractivity contribution in [2.24, 2.45) is 0 Å². The zero-order valence-corrected chi connectivity index (χ0v) is 11.6. The summed E-state index contributed by atoms with van der Waals surface area (Å²) in [6.45, 7) is 1.92. The van der Waals surface area contributed by atoms with Gasteiger partial charge in [-0.25, -0.2) is 0 Å². The SMILES string of the molecule is Cc1ccc2c(c1)cc(C1CCCC1)[s+]2C(F)(F)F. The second-order valence-electron chi connectivity index (χ2n) is 5.32. The van der Waals surface area contributed by atoms with E-state index in [0.29, 0.717) is 9.58 Å². The lowest BCUT2D eigenvalue weighted by Gasteiger charge is -2.05. The molecule has 1 unspecified atom stereocenters. The van der Waals surface area contributed by atoms with E-state index in [4.69, 9.17) is 0 Å². The predicted molar refractivity (Wildman–Crippen MR) is 73.7 cm³/mol. The fraction of sp³-hybridized carbons (Fsp3) is 0.467. The van der Waals surface area contributed by atoms with Gasteiger partial charge in [0, 0.05) is 17.4 Å². The highest BCUT2D eigenvalue weighted by molar-refractivity contribution is 7.38. The Bertz CT molecular complexity index is 604. The molecule has 102 valence electrons. The Kier molecular flexibility index (Phi) is 3.08. The third-order valence-corrected chi connectivity index (χ3v) is 6.10. The molecule has 0 nitrogen and oxygen atoms in total. The summed E-state index contributed by atoms with van der Waals surface area (Å²) in [6.07, 6.45) is 3.95. The molecule has 0 saturated heterocycles. The maximum Gasteiger partial charge on any atom is 0.600 e. The van der Waals surface area contributed by atoms with E-state index in [0.717, 1.165) is 36.6 Å². The van der Waals surface area contributed by atoms with Gasteiger partial charge in [-0.1, -0.05) is 24.5 Å². The molecule has 1 heterocycles. The highest BCUT2D eigenvalue weighted by atomic mass is 32.2. The molecule has 1 saturated carbocycles. The van der Waals surface area contributed by atoms with Crippen LogP contribution in [0.2, 0.25) is 0 Å². The van der Waals surface area contributed by atoms with Crippen LogP contribution in [0.25, 0.3) is 10.1 Å². The minimum atomic E-state index is -4.14. The molecule has 0 N–H and O–H groups in total. The number of halogens is 3. The molecular weight excluding hydrogens is 269 g/mol. The van der Waals surface area contributed by atoms with Crippen LogP contribution in [0.4, 0.5) is 13.2 Å². The van der Waals surface area contributed by atoms with E-state index in [1.807, 2.05) is 19.1 Å². The molecule has 0 aliphatic heterocycles. The van der Waals surface area contributed by atoms with E-state index >= 15 is 0 Å². The molecule has 4 heteroatoms. The van der Waals surface area contributed by atoms with Crippen LogP contribution in [0.1, 0.15) is 42.0 Å². The Morgan fingerprint density at radius 3 is 2.42 bits per heavy atom. The zero-order valence-electron chi connectivity index (χ0n) is 10.8. The number of alkyl halides is 3. The van der Waals surface area contributed by atoms with Gasteiger partial charge in [0.05, 0.1) is 10.5 Å². The first-order valence-corrected chi connectivity index (χ1v) is 7.82. The summed E-state index contributed by atoms with van der Waals surface area (Å²) in [4.78, 5) is 0.630. The van der Waals surface area contributed by atoms with Crippen LogP contribution in [-0.4, -0.2) is 0 Å². The molecule has 1 atom stereocenters. The first kappa shape index (κ1) is 13.0. The molecule has 2 aromatic rings. The van der Waals surface area contributed by atoms with E-state index in [9.17, 15) is 13.2 Å². The fourth-order valence-electron chi connectivity index (χ4n) is 3.06. The lowest BCUT2D eigenvalue weighted by atomic mass is 10.1. The van der Waals surface area contributed by atoms with Crippen molar-refractivity contribution in [1.82, 2.24) is 0 Å². The van der Waals surface area contributed by atoms with Gasteiger partial charge in [0.25, 0.3) is 0 Å². The normalized spacial score (nSPS) is 18.4. The second kappa shape index (κ2) is 4.51. The molecule has 0 bridgehead atoms. The van der Waals surface area contributed by atoms with Gasteiger partial charge in [0.1, 0.15) is 0 Å². The number of thiophene rings is 1. The number of fused-ring (bicyclic) bond motifs is 1. The summed E-state index contributed by atoms with van der Waals surface area (Å²) in [7, 11) is -1.69. The van der Waals surface area contributed by atoms with Crippen LogP contribution in [0, 0.1) is 6.92 Å². The Hall–Kier alpha value is -1.03. The van der Waals surface area contributed by atoms with Crippen molar-refractivity contribution >= 4 is 20.6 Å². The molecule has 0 amide bonds. The summed E-state index contributed by atoms with van der Waals surface area (Å²) in [6, 6.07) is 7.15. The van der Waals surface area contributed by atoms with Gasteiger partial charge >= 0.3 is 5.51 Å². The molecule has 1 aromatic carbocycles. The summed E-state index contributed by atoms with van der Waals surface area (Å²) in [5.41, 5.74) is -3.12. The summed E-state index contributed by atoms with van der Waals surface area (Å²) < 4.78 is 40.7. The highest BCUT2D eigenvalue weighted by Crippen LogP contribution is 2.55. The third kappa shape index (κ3) is 2.27. The molecule has 19 heavy (non-hydrogen) atoms. The van der Waals surface area contributed by atoms with Crippen molar-refractivity contribution in [3.63, 3.8) is 0 Å². The van der Waals surface area contributed by atoms with E-state index in [1.165, 1.54) is 0 Å². The molecule has 0 radical (unpaired) electrons. The van der Waals surface area contributed by atoms with Crippen molar-refractivity contribution in [2.75, 3.05) is 0 Å². The third-order valence-electron chi connectivity index (χ3n) is 3.91. The fourth-order valence-corrected chi connectivity index (χ4v) is 5.20. The lowest BCUT2D eigenvalue weighted by Crippen LogP contribution is -2.00. The average molecular weight is 285 g/mol. The smallest absolute Gasteiger partial charge is 0.118 e. The number of hydrogen-bond acceptors (Lipinski definition) is 0. The van der Waals surface area contributed by atoms with Crippen molar-refractivity contribution in [1.29, 1.82) is 0 Å². The van der Waals surface area contributed by atoms with Crippen LogP contribution in [0.15, 0.2) is 24.3 Å². The maximum absolute atomic E-state index is 13.4. The molecule has 0 spiro atoms. The number of benzene rings is 1. The Balaban J connectivity index is 2.24. The standard InChI is InChI=1S/C15H16F3S/c1-10-6-7-13-12(8-10)9-14(11-4-2-3-5-11)19(13)15(16,17)18/h6-9,11H,2-5H2,1H3/q+1. The monoisotopic (exact) mass is 285 g/mol. The van der Waals surface area contributed by atoms with Crippen molar-refractivity contribution in [3.05, 3.63) is 34.7 Å². The van der Waals surface area contributed by atoms with Crippen LogP contribution in [0.3, 0.4) is 0 Å². The van der Waals surface area contributed by atoms with Gasteiger partial charge in [-0.05, 0) is 31.9 Å². The van der Waals surface area contributed by atoms with Gasteiger partial charge < -0.3 is 0 Å². The Morgan fingerprint density at radius 1 is 1.11 bits per heavy atom. The number of aryl methyl sites for hydroxylation is 1. The Labute approximate surface area is 113 Å². The maximum atomic E-state index is 13.4. The average Bonchev–Trinajstić information content (AvgIpc) is 2.92. The highest BCUT2D eigenvalue weighted by Gasteiger charge is 2.49. The quantitative estimate of drug-likeness (QED) is 0.561. The minimum Gasteiger partial charge on any atom is -0.118 e. The van der Waals surface area contributed by atoms with Crippen LogP contribution in [0.5, 0.6) is 0 Å². The van der Waals surface area contributed by atoms with Crippen molar-refractivity contribution in [3.8, 4) is 0 Å². The van der Waals surface area contributed by atoms with E-state index in [2.05, 4.69) is 0 Å². The number of rotatable bonds is 1. The molecule has 1 aliphatic carbocycles. The van der Waals surface area contributed by atoms with Crippen LogP contribution < -0.4 is 0 Å². The topological polar surface area (TPSA) is 0 Å². The molecule has 1 fully saturated rings. The van der Waals surface area contributed by atoms with Gasteiger partial charge in [0.15, 0.2) is 9.58 Å². The van der Waals surface area contributed by atoms with Gasteiger partial charge in [-0.3, -0.25) is 0 Å². The van der Waals surface area contributed by atoms with Gasteiger partial charge in [0.2, 0.25) is 0 Å². The van der Waals surface area contributed by atoms with Crippen LogP contribution in [-0.2, 0) is 5.51 Å². The molecular formula is C15H16F3S+. The van der Waals surface area contributed by atoms with Crippen molar-refractivity contribution in [2.45, 2.75) is 44.0 Å². The van der Waals surface area contributed by atoms with Gasteiger partial charge in [-0.15, -0.1) is 13.2 Å². The summed E-state index contributed by atoms with van der Waals surface area (Å²) >= 11 is 0. The lowest BCUT2D eigenvalue weighted by molar-refractivity contribution is -0.0868. The Morgan fingerprint density at radius 2 is 1.79 bits per heavy atom. The van der Waals surface area contributed by atoms with E-state index in [-0.39, 0.29) is 5.92 Å². The van der Waals surface area contributed by atoms with Gasteiger partial charge in [-0.2, -0.15) is 0 Å². The predicted octanol–water partition coefficient (Wildman–Crippen LogP) is 6.03. The first-order chi connectivity index (χ1) is 8.97. The number of hydrogen-bond donors (Lipinski definition) is 0. The largest absolute Gasteiger partial charge is 0.600 e. The summed E-state index contributed by atoms with van der Waals surface area (Å²) in [5.74, 6) is 0.137. The molecule has 1 aromatic heterocycles. The molecule has 1 aliphatic rings. The first-order valence-electron chi connectivity index (χ1n) is 6.60. The summed E-state index contributed by atoms with van der Waals surface area (Å²) in [5, 5.41) is 0.780. The van der Waals surface area contributed by atoms with Crippen LogP contribution >= 0.6 is 10.5 Å². The van der Waals surface area contributed by atoms with E-state index < -0.39 is 16.0 Å².